The number of sulfonamides is 1. The molecule has 8 heteroatoms. The van der Waals surface area contributed by atoms with Crippen LogP contribution >= 0.6 is 12.4 Å². The molecule has 0 radical (unpaired) electrons. The highest BCUT2D eigenvalue weighted by molar-refractivity contribution is 7.89. The number of rotatable bonds is 7. The first-order chi connectivity index (χ1) is 9.42. The van der Waals surface area contributed by atoms with E-state index < -0.39 is 16.1 Å². The molecule has 1 amide bonds. The Kier molecular flexibility index (Phi) is 9.44. The van der Waals surface area contributed by atoms with Crippen LogP contribution in [0.5, 0.6) is 0 Å². The first-order valence-corrected chi connectivity index (χ1v) is 8.97. The standard InChI is InChI=1S/C13H27N3O3S.ClH/c1-4-9-20(18,19)16-8-6-5-7-12(16)13(17)15-10-11(2)14-3;/h11-12,14H,4-10H2,1-3H3,(H,15,17);1H. The van der Waals surface area contributed by atoms with E-state index in [4.69, 9.17) is 0 Å². The van der Waals surface area contributed by atoms with Crippen molar-refractivity contribution in [3.63, 3.8) is 0 Å². The predicted octanol–water partition coefficient (Wildman–Crippen LogP) is 0.727. The molecule has 0 aromatic heterocycles. The second-order valence-electron chi connectivity index (χ2n) is 5.37. The minimum absolute atomic E-state index is 0. The Balaban J connectivity index is 0.00000400. The molecule has 0 spiro atoms. The molecule has 1 fully saturated rings. The number of likely N-dealkylation sites (N-methyl/N-ethyl adjacent to an activating group) is 1. The topological polar surface area (TPSA) is 78.5 Å². The number of amides is 1. The maximum Gasteiger partial charge on any atom is 0.238 e. The third-order valence-electron chi connectivity index (χ3n) is 3.65. The van der Waals surface area contributed by atoms with E-state index in [1.807, 2.05) is 20.9 Å². The van der Waals surface area contributed by atoms with Crippen molar-refractivity contribution in [1.29, 1.82) is 0 Å². The molecule has 1 rings (SSSR count). The molecule has 6 nitrogen and oxygen atoms in total. The highest BCUT2D eigenvalue weighted by Gasteiger charge is 2.35. The number of piperidine rings is 1. The zero-order chi connectivity index (χ0) is 15.2. The van der Waals surface area contributed by atoms with E-state index in [0.717, 1.165) is 12.8 Å². The van der Waals surface area contributed by atoms with Crippen molar-refractivity contribution in [2.75, 3.05) is 25.9 Å². The minimum atomic E-state index is -3.31. The number of nitrogens with zero attached hydrogens (tertiary/aromatic N) is 1. The van der Waals surface area contributed by atoms with Crippen LogP contribution in [0.4, 0.5) is 0 Å². The zero-order valence-electron chi connectivity index (χ0n) is 13.1. The van der Waals surface area contributed by atoms with Crippen molar-refractivity contribution in [2.45, 2.75) is 51.6 Å². The molecule has 0 aromatic carbocycles. The maximum atomic E-state index is 12.2. The molecule has 2 N–H and O–H groups in total. The van der Waals surface area contributed by atoms with Gasteiger partial charge in [-0.15, -0.1) is 12.4 Å². The number of halogens is 1. The average Bonchev–Trinajstić information content (AvgIpc) is 2.44. The van der Waals surface area contributed by atoms with Crippen molar-refractivity contribution in [3.05, 3.63) is 0 Å². The second-order valence-corrected chi connectivity index (χ2v) is 7.41. The summed E-state index contributed by atoms with van der Waals surface area (Å²) in [5, 5.41) is 5.88. The fourth-order valence-electron chi connectivity index (χ4n) is 2.35. The summed E-state index contributed by atoms with van der Waals surface area (Å²) in [5.74, 6) is -0.0598. The van der Waals surface area contributed by atoms with Crippen molar-refractivity contribution in [2.24, 2.45) is 0 Å². The van der Waals surface area contributed by atoms with E-state index in [1.165, 1.54) is 4.31 Å². The number of hydrogen-bond donors (Lipinski definition) is 2. The molecule has 1 aliphatic heterocycles. The van der Waals surface area contributed by atoms with Crippen LogP contribution in [-0.4, -0.2) is 56.6 Å². The Morgan fingerprint density at radius 3 is 2.62 bits per heavy atom. The summed E-state index contributed by atoms with van der Waals surface area (Å²) in [6.45, 7) is 4.77. The third kappa shape index (κ3) is 6.10. The van der Waals surface area contributed by atoms with Gasteiger partial charge in [-0.2, -0.15) is 4.31 Å². The molecule has 0 saturated carbocycles. The van der Waals surface area contributed by atoms with Crippen molar-refractivity contribution < 1.29 is 13.2 Å². The first kappa shape index (κ1) is 20.6. The Hall–Kier alpha value is -0.370. The van der Waals surface area contributed by atoms with Gasteiger partial charge < -0.3 is 10.6 Å². The van der Waals surface area contributed by atoms with Gasteiger partial charge in [0.25, 0.3) is 0 Å². The van der Waals surface area contributed by atoms with E-state index in [-0.39, 0.29) is 30.1 Å². The monoisotopic (exact) mass is 341 g/mol. The van der Waals surface area contributed by atoms with Crippen LogP contribution in [0.3, 0.4) is 0 Å². The lowest BCUT2D eigenvalue weighted by Gasteiger charge is -2.33. The molecular weight excluding hydrogens is 314 g/mol. The molecule has 0 bridgehead atoms. The molecule has 0 aliphatic carbocycles. The number of carbonyl (C=O) groups excluding carboxylic acids is 1. The molecule has 126 valence electrons. The summed E-state index contributed by atoms with van der Waals surface area (Å²) >= 11 is 0. The van der Waals surface area contributed by atoms with Crippen molar-refractivity contribution in [3.8, 4) is 0 Å². The highest BCUT2D eigenvalue weighted by Crippen LogP contribution is 2.21. The van der Waals surface area contributed by atoms with E-state index in [1.54, 1.807) is 0 Å². The van der Waals surface area contributed by atoms with E-state index in [0.29, 0.717) is 25.9 Å². The van der Waals surface area contributed by atoms with Crippen LogP contribution in [0.1, 0.15) is 39.5 Å². The first-order valence-electron chi connectivity index (χ1n) is 7.36. The lowest BCUT2D eigenvalue weighted by Crippen LogP contribution is -2.53. The molecule has 0 aromatic rings. The maximum absolute atomic E-state index is 12.2. The SMILES string of the molecule is CCCS(=O)(=O)N1CCCCC1C(=O)NCC(C)NC.Cl. The lowest BCUT2D eigenvalue weighted by atomic mass is 10.0. The predicted molar refractivity (Wildman–Crippen MR) is 87.2 cm³/mol. The number of nitrogens with one attached hydrogen (secondary N) is 2. The molecule has 2 atom stereocenters. The Morgan fingerprint density at radius 2 is 2.05 bits per heavy atom. The summed E-state index contributed by atoms with van der Waals surface area (Å²) in [4.78, 5) is 12.2. The van der Waals surface area contributed by atoms with E-state index in [2.05, 4.69) is 10.6 Å². The van der Waals surface area contributed by atoms with Crippen LogP contribution < -0.4 is 10.6 Å². The Morgan fingerprint density at radius 1 is 1.38 bits per heavy atom. The van der Waals surface area contributed by atoms with Crippen LogP contribution in [0.2, 0.25) is 0 Å². The lowest BCUT2D eigenvalue weighted by molar-refractivity contribution is -0.125. The molecule has 1 aliphatic rings. The van der Waals surface area contributed by atoms with Gasteiger partial charge in [0, 0.05) is 19.1 Å². The van der Waals surface area contributed by atoms with Gasteiger partial charge in [0.2, 0.25) is 15.9 Å². The van der Waals surface area contributed by atoms with Crippen molar-refractivity contribution >= 4 is 28.3 Å². The number of carbonyl (C=O) groups is 1. The van der Waals surface area contributed by atoms with Crippen LogP contribution in [-0.2, 0) is 14.8 Å². The molecular formula is C13H28ClN3O3S. The van der Waals surface area contributed by atoms with Gasteiger partial charge in [-0.1, -0.05) is 13.3 Å². The average molecular weight is 342 g/mol. The minimum Gasteiger partial charge on any atom is -0.353 e. The Labute approximate surface area is 134 Å². The molecule has 21 heavy (non-hydrogen) atoms. The van der Waals surface area contributed by atoms with Gasteiger partial charge in [-0.05, 0) is 33.2 Å². The smallest absolute Gasteiger partial charge is 0.238 e. The normalized spacial score (nSPS) is 21.4. The summed E-state index contributed by atoms with van der Waals surface area (Å²) in [7, 11) is -1.49. The van der Waals surface area contributed by atoms with Crippen LogP contribution in [0, 0.1) is 0 Å². The van der Waals surface area contributed by atoms with Gasteiger partial charge in [0.05, 0.1) is 5.75 Å². The van der Waals surface area contributed by atoms with Crippen LogP contribution in [0.25, 0.3) is 0 Å². The van der Waals surface area contributed by atoms with Gasteiger partial charge in [-0.3, -0.25) is 4.79 Å². The van der Waals surface area contributed by atoms with Gasteiger partial charge in [0.1, 0.15) is 6.04 Å². The fourth-order valence-corrected chi connectivity index (χ4v) is 4.10. The second kappa shape index (κ2) is 9.61. The summed E-state index contributed by atoms with van der Waals surface area (Å²) < 4.78 is 25.9. The molecule has 2 unspecified atom stereocenters. The van der Waals surface area contributed by atoms with E-state index >= 15 is 0 Å². The molecule has 1 saturated heterocycles. The summed E-state index contributed by atoms with van der Waals surface area (Å²) in [5.41, 5.74) is 0. The van der Waals surface area contributed by atoms with Gasteiger partial charge in [-0.25, -0.2) is 8.42 Å². The summed E-state index contributed by atoms with van der Waals surface area (Å²) in [6.07, 6.45) is 2.92. The van der Waals surface area contributed by atoms with Gasteiger partial charge >= 0.3 is 0 Å². The molecule has 1 heterocycles. The fraction of sp³-hybridized carbons (Fsp3) is 0.923. The Bertz CT molecular complexity index is 417. The highest BCUT2D eigenvalue weighted by atomic mass is 35.5. The third-order valence-corrected chi connectivity index (χ3v) is 5.73. The quantitative estimate of drug-likeness (QED) is 0.715. The van der Waals surface area contributed by atoms with Crippen molar-refractivity contribution in [1.82, 2.24) is 14.9 Å². The largest absolute Gasteiger partial charge is 0.353 e. The van der Waals surface area contributed by atoms with Gasteiger partial charge in [0.15, 0.2) is 0 Å². The summed E-state index contributed by atoms with van der Waals surface area (Å²) in [6, 6.07) is -0.368. The number of hydrogen-bond acceptors (Lipinski definition) is 4. The zero-order valence-corrected chi connectivity index (χ0v) is 14.7. The van der Waals surface area contributed by atoms with Crippen LogP contribution in [0.15, 0.2) is 0 Å². The van der Waals surface area contributed by atoms with E-state index in [9.17, 15) is 13.2 Å².